The Bertz CT molecular complexity index is 654. The van der Waals surface area contributed by atoms with Gasteiger partial charge in [0.25, 0.3) is 0 Å². The summed E-state index contributed by atoms with van der Waals surface area (Å²) in [5, 5.41) is 11.1. The molecular weight excluding hydrogens is 314 g/mol. The number of hydrogen-bond acceptors (Lipinski definition) is 6. The lowest BCUT2D eigenvalue weighted by Crippen LogP contribution is -2.40. The lowest BCUT2D eigenvalue weighted by atomic mass is 9.71. The van der Waals surface area contributed by atoms with E-state index in [-0.39, 0.29) is 12.2 Å². The molecule has 1 aliphatic carbocycles. The van der Waals surface area contributed by atoms with Crippen LogP contribution in [0.15, 0.2) is 42.2 Å². The highest BCUT2D eigenvalue weighted by Crippen LogP contribution is 2.38. The second-order valence-electron chi connectivity index (χ2n) is 5.61. The summed E-state index contributed by atoms with van der Waals surface area (Å²) in [6.07, 6.45) is 1.50. The van der Waals surface area contributed by atoms with E-state index < -0.39 is 35.2 Å². The van der Waals surface area contributed by atoms with Crippen LogP contribution >= 0.6 is 0 Å². The second-order valence-corrected chi connectivity index (χ2v) is 5.61. The molecule has 0 aliphatic heterocycles. The summed E-state index contributed by atoms with van der Waals surface area (Å²) in [7, 11) is 2.65. The van der Waals surface area contributed by atoms with Crippen LogP contribution < -0.4 is 0 Å². The van der Waals surface area contributed by atoms with Crippen LogP contribution in [0.1, 0.15) is 17.9 Å². The number of rotatable bonds is 6. The van der Waals surface area contributed by atoms with Crippen molar-refractivity contribution in [3.05, 3.63) is 57.8 Å². The minimum atomic E-state index is -0.857. The van der Waals surface area contributed by atoms with E-state index in [1.165, 1.54) is 20.3 Å². The number of esters is 1. The average Bonchev–Trinajstić information content (AvgIpc) is 2.59. The topological polar surface area (TPSA) is 95.7 Å². The lowest BCUT2D eigenvalue weighted by molar-refractivity contribution is -0.484. The fourth-order valence-electron chi connectivity index (χ4n) is 3.15. The first-order chi connectivity index (χ1) is 11.5. The normalized spacial score (nSPS) is 21.6. The van der Waals surface area contributed by atoms with Gasteiger partial charge in [0, 0.05) is 23.3 Å². The zero-order valence-electron chi connectivity index (χ0n) is 13.5. The number of carbonyl (C=O) groups is 2. The predicted molar refractivity (Wildman–Crippen MR) is 84.8 cm³/mol. The molecule has 0 bridgehead atoms. The fourth-order valence-corrected chi connectivity index (χ4v) is 3.15. The monoisotopic (exact) mass is 333 g/mol. The number of nitrogens with zero attached hydrogens (tertiary/aromatic N) is 1. The number of ketones is 1. The largest absolute Gasteiger partial charge is 0.501 e. The van der Waals surface area contributed by atoms with Gasteiger partial charge in [-0.15, -0.1) is 0 Å². The average molecular weight is 333 g/mol. The molecule has 0 amide bonds. The standard InChI is InChI=1S/C17H19NO6/c1-23-12-8-13(17(20)24-2)16(15(19)9-12)14(10-18(21)22)11-6-4-3-5-7-11/h3-7,9,13-14,16H,8,10H2,1-2H3. The molecule has 7 heteroatoms. The SMILES string of the molecule is COC(=O)C1CC(OC)=CC(=O)C1C(C[N+](=O)[O-])c1ccccc1. The molecule has 3 atom stereocenters. The molecule has 0 spiro atoms. The van der Waals surface area contributed by atoms with Crippen molar-refractivity contribution >= 4 is 11.8 Å². The van der Waals surface area contributed by atoms with E-state index in [4.69, 9.17) is 9.47 Å². The van der Waals surface area contributed by atoms with Crippen LogP contribution in [0.5, 0.6) is 0 Å². The van der Waals surface area contributed by atoms with Crippen LogP contribution in [0.2, 0.25) is 0 Å². The molecule has 1 aliphatic rings. The smallest absolute Gasteiger partial charge is 0.309 e. The summed E-state index contributed by atoms with van der Waals surface area (Å²) in [5.74, 6) is -2.94. The minimum Gasteiger partial charge on any atom is -0.501 e. The Morgan fingerprint density at radius 3 is 2.54 bits per heavy atom. The highest BCUT2D eigenvalue weighted by Gasteiger charge is 2.45. The van der Waals surface area contributed by atoms with Gasteiger partial charge in [0.1, 0.15) is 0 Å². The third-order valence-electron chi connectivity index (χ3n) is 4.26. The molecule has 0 N–H and O–H groups in total. The zero-order valence-corrected chi connectivity index (χ0v) is 13.5. The Morgan fingerprint density at radius 1 is 1.33 bits per heavy atom. The van der Waals surface area contributed by atoms with Gasteiger partial charge in [-0.2, -0.15) is 0 Å². The maximum atomic E-state index is 12.6. The Kier molecular flexibility index (Phi) is 5.68. The summed E-state index contributed by atoms with van der Waals surface area (Å²) in [5.41, 5.74) is 0.649. The van der Waals surface area contributed by atoms with Crippen LogP contribution in [0.4, 0.5) is 0 Å². The van der Waals surface area contributed by atoms with Gasteiger partial charge in [0.15, 0.2) is 5.78 Å². The van der Waals surface area contributed by atoms with Gasteiger partial charge in [0.2, 0.25) is 6.54 Å². The highest BCUT2D eigenvalue weighted by molar-refractivity contribution is 5.97. The third kappa shape index (κ3) is 3.79. The molecule has 0 saturated heterocycles. The van der Waals surface area contributed by atoms with Crippen molar-refractivity contribution in [3.63, 3.8) is 0 Å². The Morgan fingerprint density at radius 2 is 2.00 bits per heavy atom. The number of methoxy groups -OCH3 is 2. The van der Waals surface area contributed by atoms with Crippen LogP contribution in [0.3, 0.4) is 0 Å². The van der Waals surface area contributed by atoms with Crippen LogP contribution in [-0.4, -0.2) is 37.4 Å². The van der Waals surface area contributed by atoms with E-state index in [0.717, 1.165) is 0 Å². The van der Waals surface area contributed by atoms with Gasteiger partial charge in [-0.25, -0.2) is 0 Å². The first-order valence-corrected chi connectivity index (χ1v) is 7.51. The Balaban J connectivity index is 2.47. The summed E-state index contributed by atoms with van der Waals surface area (Å²) in [4.78, 5) is 35.5. The molecule has 1 aromatic rings. The number of hydrogen-bond donors (Lipinski definition) is 0. The molecule has 0 radical (unpaired) electrons. The lowest BCUT2D eigenvalue weighted by Gasteiger charge is -2.32. The second kappa shape index (κ2) is 7.72. The van der Waals surface area contributed by atoms with Gasteiger partial charge in [-0.05, 0) is 5.56 Å². The molecule has 0 aromatic heterocycles. The minimum absolute atomic E-state index is 0.181. The maximum Gasteiger partial charge on any atom is 0.309 e. The first kappa shape index (κ1) is 17.7. The van der Waals surface area contributed by atoms with Crippen molar-refractivity contribution in [1.82, 2.24) is 0 Å². The number of allylic oxidation sites excluding steroid dienone is 2. The zero-order chi connectivity index (χ0) is 17.7. The van der Waals surface area contributed by atoms with Gasteiger partial charge >= 0.3 is 5.97 Å². The van der Waals surface area contributed by atoms with Crippen molar-refractivity contribution in [2.45, 2.75) is 12.3 Å². The predicted octanol–water partition coefficient (Wildman–Crippen LogP) is 1.96. The van der Waals surface area contributed by atoms with E-state index in [1.54, 1.807) is 30.3 Å². The molecule has 24 heavy (non-hydrogen) atoms. The molecule has 0 heterocycles. The molecule has 1 aromatic carbocycles. The van der Waals surface area contributed by atoms with Crippen molar-refractivity contribution in [3.8, 4) is 0 Å². The number of carbonyl (C=O) groups excluding carboxylic acids is 2. The number of benzene rings is 1. The fraction of sp³-hybridized carbons (Fsp3) is 0.412. The van der Waals surface area contributed by atoms with Gasteiger partial charge in [0.05, 0.1) is 31.8 Å². The maximum absolute atomic E-state index is 12.6. The van der Waals surface area contributed by atoms with Crippen molar-refractivity contribution < 1.29 is 24.0 Å². The Labute approximate surface area is 139 Å². The molecule has 0 fully saturated rings. The van der Waals surface area contributed by atoms with E-state index in [1.807, 2.05) is 0 Å². The summed E-state index contributed by atoms with van der Waals surface area (Å²) in [6.45, 7) is -0.440. The van der Waals surface area contributed by atoms with Crippen molar-refractivity contribution in [2.75, 3.05) is 20.8 Å². The molecular formula is C17H19NO6. The summed E-state index contributed by atoms with van der Waals surface area (Å²) < 4.78 is 9.91. The van der Waals surface area contributed by atoms with Gasteiger partial charge in [-0.3, -0.25) is 19.7 Å². The van der Waals surface area contributed by atoms with Crippen LogP contribution in [-0.2, 0) is 19.1 Å². The van der Waals surface area contributed by atoms with Crippen molar-refractivity contribution in [1.29, 1.82) is 0 Å². The number of nitro groups is 1. The molecule has 2 rings (SSSR count). The van der Waals surface area contributed by atoms with Crippen LogP contribution in [0, 0.1) is 22.0 Å². The Hall–Kier alpha value is -2.70. The summed E-state index contributed by atoms with van der Waals surface area (Å²) in [6, 6.07) is 8.74. The molecule has 3 unspecified atom stereocenters. The van der Waals surface area contributed by atoms with E-state index in [2.05, 4.69) is 0 Å². The van der Waals surface area contributed by atoms with E-state index >= 15 is 0 Å². The van der Waals surface area contributed by atoms with Gasteiger partial charge in [-0.1, -0.05) is 30.3 Å². The molecule has 0 saturated carbocycles. The highest BCUT2D eigenvalue weighted by atomic mass is 16.6. The molecule has 7 nitrogen and oxygen atoms in total. The third-order valence-corrected chi connectivity index (χ3v) is 4.26. The van der Waals surface area contributed by atoms with E-state index in [9.17, 15) is 19.7 Å². The first-order valence-electron chi connectivity index (χ1n) is 7.51. The quantitative estimate of drug-likeness (QED) is 0.448. The number of ether oxygens (including phenoxy) is 2. The van der Waals surface area contributed by atoms with Crippen LogP contribution in [0.25, 0.3) is 0 Å². The molecule has 128 valence electrons. The summed E-state index contributed by atoms with van der Waals surface area (Å²) >= 11 is 0. The van der Waals surface area contributed by atoms with Gasteiger partial charge < -0.3 is 9.47 Å². The van der Waals surface area contributed by atoms with E-state index in [0.29, 0.717) is 11.3 Å². The van der Waals surface area contributed by atoms with Crippen molar-refractivity contribution in [2.24, 2.45) is 11.8 Å².